The zero-order valence-electron chi connectivity index (χ0n) is 31.4. The van der Waals surface area contributed by atoms with Crippen LogP contribution in [0.1, 0.15) is 53.9 Å². The van der Waals surface area contributed by atoms with Crippen LogP contribution >= 0.6 is 0 Å². The van der Waals surface area contributed by atoms with Crippen LogP contribution in [0.25, 0.3) is 11.1 Å². The van der Waals surface area contributed by atoms with Gasteiger partial charge in [-0.05, 0) is 92.8 Å². The van der Waals surface area contributed by atoms with E-state index in [-0.39, 0.29) is 28.3 Å². The van der Waals surface area contributed by atoms with Crippen molar-refractivity contribution in [2.45, 2.75) is 40.7 Å². The molecule has 0 saturated carbocycles. The molecule has 0 bridgehead atoms. The molecular weight excluding hydrogens is 704 g/mol. The number of amides is 2. The number of carbonyl (C=O) groups excluding carboxylic acids is 3. The number of ether oxygens (including phenoxy) is 4. The second-order valence-electron chi connectivity index (χ2n) is 12.5. The molecule has 1 unspecified atom stereocenters. The number of benzene rings is 5. The van der Waals surface area contributed by atoms with Crippen molar-refractivity contribution >= 4 is 40.9 Å². The Balaban J connectivity index is 1.34. The van der Waals surface area contributed by atoms with Gasteiger partial charge in [-0.1, -0.05) is 54.6 Å². The van der Waals surface area contributed by atoms with E-state index in [9.17, 15) is 24.5 Å². The maximum Gasteiger partial charge on any atom is 0.514 e. The number of anilines is 3. The van der Waals surface area contributed by atoms with E-state index in [4.69, 9.17) is 18.9 Å². The number of nitro benzene ring substituents is 1. The molecule has 0 aliphatic rings. The molecule has 2 N–H and O–H groups in total. The van der Waals surface area contributed by atoms with Gasteiger partial charge in [-0.15, -0.1) is 0 Å². The summed E-state index contributed by atoms with van der Waals surface area (Å²) in [7, 11) is 1.41. The number of nitro groups is 1. The molecule has 55 heavy (non-hydrogen) atoms. The van der Waals surface area contributed by atoms with Gasteiger partial charge in [-0.25, -0.2) is 9.59 Å². The molecule has 5 aromatic carbocycles. The van der Waals surface area contributed by atoms with Crippen LogP contribution in [0.15, 0.2) is 103 Å². The first-order valence-corrected chi connectivity index (χ1v) is 17.6. The third-order valence-electron chi connectivity index (χ3n) is 8.88. The van der Waals surface area contributed by atoms with Gasteiger partial charge in [0.05, 0.1) is 23.3 Å². The first kappa shape index (κ1) is 39.3. The summed E-state index contributed by atoms with van der Waals surface area (Å²) in [6.45, 7) is 10.7. The Labute approximate surface area is 318 Å². The number of nitrogens with zero attached hydrogens (tertiary/aromatic N) is 2. The largest absolute Gasteiger partial charge is 0.514 e. The average molecular weight is 747 g/mol. The number of methoxy groups -OCH3 is 1. The monoisotopic (exact) mass is 746 g/mol. The quantitative estimate of drug-likeness (QED) is 0.0514. The van der Waals surface area contributed by atoms with Gasteiger partial charge in [0.2, 0.25) is 0 Å². The molecule has 0 aromatic heterocycles. The molecule has 0 saturated heterocycles. The Hall–Kier alpha value is -6.89. The zero-order valence-corrected chi connectivity index (χ0v) is 31.4. The molecule has 5 rings (SSSR count). The highest BCUT2D eigenvalue weighted by Crippen LogP contribution is 2.34. The van der Waals surface area contributed by atoms with Gasteiger partial charge in [0.15, 0.2) is 5.75 Å². The van der Waals surface area contributed by atoms with Crippen LogP contribution < -0.4 is 29.7 Å². The third-order valence-corrected chi connectivity index (χ3v) is 8.88. The zero-order chi connectivity index (χ0) is 39.6. The van der Waals surface area contributed by atoms with Gasteiger partial charge in [0.25, 0.3) is 11.6 Å². The minimum absolute atomic E-state index is 0.00564. The van der Waals surface area contributed by atoms with E-state index in [1.807, 2.05) is 87.5 Å². The minimum atomic E-state index is -1.06. The van der Waals surface area contributed by atoms with Crippen molar-refractivity contribution in [3.8, 4) is 28.4 Å². The Kier molecular flexibility index (Phi) is 12.7. The maximum atomic E-state index is 13.8. The van der Waals surface area contributed by atoms with Gasteiger partial charge >= 0.3 is 12.2 Å². The van der Waals surface area contributed by atoms with Crippen molar-refractivity contribution in [2.75, 3.05) is 35.7 Å². The number of non-ortho nitro benzene ring substituents is 1. The minimum Gasteiger partial charge on any atom is -0.497 e. The number of hydrogen-bond donors (Lipinski definition) is 2. The molecule has 0 radical (unpaired) electrons. The lowest BCUT2D eigenvalue weighted by Gasteiger charge is -2.22. The second kappa shape index (κ2) is 17.8. The van der Waals surface area contributed by atoms with Crippen LogP contribution in [0.5, 0.6) is 17.2 Å². The molecule has 5 aromatic rings. The van der Waals surface area contributed by atoms with Gasteiger partial charge in [-0.3, -0.25) is 20.2 Å². The van der Waals surface area contributed by atoms with Crippen LogP contribution in [0.2, 0.25) is 0 Å². The van der Waals surface area contributed by atoms with E-state index in [0.717, 1.165) is 47.1 Å². The summed E-state index contributed by atoms with van der Waals surface area (Å²) in [5, 5.41) is 17.1. The lowest BCUT2D eigenvalue weighted by Crippen LogP contribution is -2.23. The van der Waals surface area contributed by atoms with Gasteiger partial charge in [-0.2, -0.15) is 0 Å². The summed E-state index contributed by atoms with van der Waals surface area (Å²) in [5.74, 6) is -0.918. The highest BCUT2D eigenvalue weighted by molar-refractivity contribution is 6.08. The molecule has 13 heteroatoms. The summed E-state index contributed by atoms with van der Waals surface area (Å²) < 4.78 is 22.0. The molecule has 0 aliphatic heterocycles. The van der Waals surface area contributed by atoms with E-state index in [2.05, 4.69) is 15.5 Å². The highest BCUT2D eigenvalue weighted by Gasteiger charge is 2.25. The first-order chi connectivity index (χ1) is 26.4. The fourth-order valence-electron chi connectivity index (χ4n) is 5.88. The molecule has 0 heterocycles. The number of nitrogens with one attached hydrogen (secondary N) is 2. The molecule has 2 amide bonds. The fraction of sp³-hybridized carbons (Fsp3) is 0.214. The number of aryl methyl sites for hydroxylation is 2. The van der Waals surface area contributed by atoms with Gasteiger partial charge in [0.1, 0.15) is 17.6 Å². The van der Waals surface area contributed by atoms with Gasteiger partial charge < -0.3 is 29.2 Å². The van der Waals surface area contributed by atoms with Gasteiger partial charge in [0, 0.05) is 42.7 Å². The maximum absolute atomic E-state index is 13.8. The smallest absolute Gasteiger partial charge is 0.497 e. The lowest BCUT2D eigenvalue weighted by atomic mass is 10.0. The first-order valence-electron chi connectivity index (χ1n) is 17.6. The van der Waals surface area contributed by atoms with Crippen molar-refractivity contribution < 1.29 is 38.3 Å². The number of carbonyl (C=O) groups is 3. The predicted molar refractivity (Wildman–Crippen MR) is 211 cm³/mol. The molecule has 284 valence electrons. The number of rotatable bonds is 13. The molecular formula is C42H42N4O9. The molecule has 0 spiro atoms. The lowest BCUT2D eigenvalue weighted by molar-refractivity contribution is -0.384. The average Bonchev–Trinajstić information content (AvgIpc) is 3.17. The SMILES string of the molecule is CCN(CC)c1ccc(NC(=O)Oc2c(C)cc([N+](=O)[O-])cc2C(=O)Nc2ccc(OC)cc2OC(=O)OC(C)c2ccc(-c3ccccc3)cc2)c(C)c1. The summed E-state index contributed by atoms with van der Waals surface area (Å²) in [6.07, 6.45) is -2.66. The van der Waals surface area contributed by atoms with Crippen LogP contribution in [0.3, 0.4) is 0 Å². The van der Waals surface area contributed by atoms with Crippen molar-refractivity contribution in [1.29, 1.82) is 0 Å². The van der Waals surface area contributed by atoms with Crippen molar-refractivity contribution in [3.63, 3.8) is 0 Å². The van der Waals surface area contributed by atoms with Crippen molar-refractivity contribution in [1.82, 2.24) is 0 Å². The van der Waals surface area contributed by atoms with E-state index in [1.54, 1.807) is 13.0 Å². The number of hydrogen-bond acceptors (Lipinski definition) is 10. The Bertz CT molecular complexity index is 2190. The molecule has 0 fully saturated rings. The predicted octanol–water partition coefficient (Wildman–Crippen LogP) is 9.87. The van der Waals surface area contributed by atoms with Crippen LogP contribution in [-0.4, -0.2) is 43.3 Å². The molecule has 1 atom stereocenters. The Morgan fingerprint density at radius 1 is 0.782 bits per heavy atom. The summed E-state index contributed by atoms with van der Waals surface area (Å²) in [6, 6.07) is 29.4. The van der Waals surface area contributed by atoms with Crippen LogP contribution in [0, 0.1) is 24.0 Å². The summed E-state index contributed by atoms with van der Waals surface area (Å²) in [4.78, 5) is 53.4. The Morgan fingerprint density at radius 3 is 2.09 bits per heavy atom. The fourth-order valence-corrected chi connectivity index (χ4v) is 5.88. The molecule has 13 nitrogen and oxygen atoms in total. The van der Waals surface area contributed by atoms with Crippen LogP contribution in [0.4, 0.5) is 32.3 Å². The third kappa shape index (κ3) is 9.76. The second-order valence-corrected chi connectivity index (χ2v) is 12.5. The summed E-state index contributed by atoms with van der Waals surface area (Å²) in [5.41, 5.74) is 4.47. The highest BCUT2D eigenvalue weighted by atomic mass is 16.7. The van der Waals surface area contributed by atoms with Crippen LogP contribution in [-0.2, 0) is 4.74 Å². The normalized spacial score (nSPS) is 11.2. The van der Waals surface area contributed by atoms with E-state index in [1.165, 1.54) is 38.3 Å². The Morgan fingerprint density at radius 2 is 1.45 bits per heavy atom. The molecule has 0 aliphatic carbocycles. The van der Waals surface area contributed by atoms with Crippen molar-refractivity contribution in [3.05, 3.63) is 135 Å². The van der Waals surface area contributed by atoms with E-state index in [0.29, 0.717) is 11.4 Å². The standard InChI is InChI=1S/C42H42N4O9/c1-7-45(8-2)32-18-20-36(26(3)22-32)44-41(48)55-39-27(4)23-33(46(50)51)24-35(39)40(47)43-37-21-19-34(52-6)25-38(37)54-42(49)53-28(5)29-14-16-31(17-15-29)30-12-10-9-11-13-30/h9-25,28H,7-8H2,1-6H3,(H,43,47)(H,44,48). The summed E-state index contributed by atoms with van der Waals surface area (Å²) >= 11 is 0. The van der Waals surface area contributed by atoms with E-state index < -0.39 is 34.9 Å². The topological polar surface area (TPSA) is 159 Å². The van der Waals surface area contributed by atoms with Crippen molar-refractivity contribution in [2.24, 2.45) is 0 Å². The van der Waals surface area contributed by atoms with E-state index >= 15 is 0 Å².